The van der Waals surface area contributed by atoms with Gasteiger partial charge in [-0.05, 0) is 35.4 Å². The van der Waals surface area contributed by atoms with Crippen LogP contribution in [0.4, 0.5) is 4.39 Å². The monoisotopic (exact) mass is 273 g/mol. The summed E-state index contributed by atoms with van der Waals surface area (Å²) < 4.78 is 12.8. The van der Waals surface area contributed by atoms with Crippen molar-refractivity contribution in [2.75, 3.05) is 0 Å². The van der Waals surface area contributed by atoms with Gasteiger partial charge in [0.2, 0.25) is 5.28 Å². The van der Waals surface area contributed by atoms with E-state index in [0.29, 0.717) is 6.54 Å². The Balaban J connectivity index is 1.86. The van der Waals surface area contributed by atoms with Crippen LogP contribution in [0.2, 0.25) is 5.28 Å². The van der Waals surface area contributed by atoms with Crippen molar-refractivity contribution in [1.29, 1.82) is 0 Å². The largest absolute Gasteiger partial charge is 0.278 e. The van der Waals surface area contributed by atoms with Gasteiger partial charge in [-0.15, -0.1) is 0 Å². The maximum atomic E-state index is 12.8. The molecule has 0 saturated heterocycles. The summed E-state index contributed by atoms with van der Waals surface area (Å²) in [6.45, 7) is 0.565. The lowest BCUT2D eigenvalue weighted by atomic mass is 10.1. The number of hydrogen-bond donors (Lipinski definition) is 0. The molecule has 0 amide bonds. The fourth-order valence-corrected chi connectivity index (χ4v) is 1.98. The smallest absolute Gasteiger partial charge is 0.222 e. The second kappa shape index (κ2) is 4.90. The first-order valence-electron chi connectivity index (χ1n) is 5.72. The molecule has 0 N–H and O–H groups in total. The van der Waals surface area contributed by atoms with Crippen LogP contribution in [0.15, 0.2) is 41.5 Å². The lowest BCUT2D eigenvalue weighted by molar-refractivity contribution is 0.628. The zero-order chi connectivity index (χ0) is 13.2. The number of halogens is 2. The molecule has 0 saturated carbocycles. The van der Waals surface area contributed by atoms with Crippen molar-refractivity contribution in [1.82, 2.24) is 9.97 Å². The number of aromatic nitrogens is 2. The van der Waals surface area contributed by atoms with E-state index in [-0.39, 0.29) is 11.1 Å². The Hall–Kier alpha value is -2.07. The molecular formula is C14H9ClFN3. The molecule has 1 aliphatic heterocycles. The SMILES string of the molecule is Fc1ccc(/C=C/C2=NCc3cnc(Cl)nc32)cc1. The Morgan fingerprint density at radius 2 is 1.95 bits per heavy atom. The lowest BCUT2D eigenvalue weighted by Crippen LogP contribution is -1.99. The van der Waals surface area contributed by atoms with Gasteiger partial charge in [0.15, 0.2) is 0 Å². The van der Waals surface area contributed by atoms with Gasteiger partial charge in [0.05, 0.1) is 18.0 Å². The second-order valence-corrected chi connectivity index (χ2v) is 4.44. The molecule has 0 radical (unpaired) electrons. The first-order chi connectivity index (χ1) is 9.22. The van der Waals surface area contributed by atoms with Gasteiger partial charge in [-0.1, -0.05) is 18.2 Å². The molecular weight excluding hydrogens is 265 g/mol. The van der Waals surface area contributed by atoms with E-state index in [0.717, 1.165) is 22.5 Å². The van der Waals surface area contributed by atoms with Crippen molar-refractivity contribution in [3.05, 3.63) is 64.5 Å². The molecule has 2 aromatic rings. The molecule has 1 aromatic carbocycles. The van der Waals surface area contributed by atoms with Crippen LogP contribution in [0.3, 0.4) is 0 Å². The topological polar surface area (TPSA) is 38.1 Å². The molecule has 94 valence electrons. The molecule has 1 aliphatic rings. The average Bonchev–Trinajstić information content (AvgIpc) is 2.80. The summed E-state index contributed by atoms with van der Waals surface area (Å²) in [6, 6.07) is 6.25. The van der Waals surface area contributed by atoms with Crippen molar-refractivity contribution < 1.29 is 4.39 Å². The molecule has 0 aliphatic carbocycles. The fraction of sp³-hybridized carbons (Fsp3) is 0.0714. The van der Waals surface area contributed by atoms with Gasteiger partial charge in [-0.25, -0.2) is 14.4 Å². The Labute approximate surface area is 114 Å². The molecule has 0 bridgehead atoms. The van der Waals surface area contributed by atoms with E-state index in [1.165, 1.54) is 12.1 Å². The van der Waals surface area contributed by atoms with Crippen LogP contribution < -0.4 is 0 Å². The second-order valence-electron chi connectivity index (χ2n) is 4.10. The highest BCUT2D eigenvalue weighted by atomic mass is 35.5. The standard InChI is InChI=1S/C14H9ClFN3/c15-14-18-8-10-7-17-12(13(10)19-14)6-3-9-1-4-11(16)5-2-9/h1-6,8H,7H2/b6-3+. The average molecular weight is 274 g/mol. The van der Waals surface area contributed by atoms with Crippen LogP contribution in [0.5, 0.6) is 0 Å². The number of hydrogen-bond acceptors (Lipinski definition) is 3. The van der Waals surface area contributed by atoms with Gasteiger partial charge in [-0.2, -0.15) is 0 Å². The van der Waals surface area contributed by atoms with E-state index in [4.69, 9.17) is 11.6 Å². The first kappa shape index (κ1) is 12.0. The quantitative estimate of drug-likeness (QED) is 0.788. The fourth-order valence-electron chi connectivity index (χ4n) is 1.85. The van der Waals surface area contributed by atoms with Gasteiger partial charge < -0.3 is 0 Å². The van der Waals surface area contributed by atoms with Crippen LogP contribution >= 0.6 is 11.6 Å². The first-order valence-corrected chi connectivity index (χ1v) is 6.10. The van der Waals surface area contributed by atoms with Gasteiger partial charge in [0, 0.05) is 11.8 Å². The molecule has 3 rings (SSSR count). The van der Waals surface area contributed by atoms with E-state index < -0.39 is 0 Å². The number of aliphatic imine (C=N–C) groups is 1. The summed E-state index contributed by atoms with van der Waals surface area (Å²) in [6.07, 6.45) is 5.40. The molecule has 0 spiro atoms. The molecule has 3 nitrogen and oxygen atoms in total. The zero-order valence-electron chi connectivity index (χ0n) is 9.85. The van der Waals surface area contributed by atoms with Crippen molar-refractivity contribution in [3.63, 3.8) is 0 Å². The number of benzene rings is 1. The van der Waals surface area contributed by atoms with Crippen LogP contribution in [0.25, 0.3) is 6.08 Å². The van der Waals surface area contributed by atoms with E-state index in [1.54, 1.807) is 18.3 Å². The number of rotatable bonds is 2. The summed E-state index contributed by atoms with van der Waals surface area (Å²) in [5.41, 5.74) is 3.39. The van der Waals surface area contributed by atoms with Crippen molar-refractivity contribution >= 4 is 23.4 Å². The Morgan fingerprint density at radius 3 is 2.74 bits per heavy atom. The van der Waals surface area contributed by atoms with E-state index >= 15 is 0 Å². The van der Waals surface area contributed by atoms with E-state index in [2.05, 4.69) is 15.0 Å². The predicted octanol–water partition coefficient (Wildman–Crippen LogP) is 3.29. The van der Waals surface area contributed by atoms with Crippen molar-refractivity contribution in [2.45, 2.75) is 6.54 Å². The summed E-state index contributed by atoms with van der Waals surface area (Å²) in [5.74, 6) is -0.250. The minimum Gasteiger partial charge on any atom is -0.278 e. The Bertz CT molecular complexity index is 678. The van der Waals surface area contributed by atoms with Crippen LogP contribution in [-0.4, -0.2) is 15.7 Å². The third kappa shape index (κ3) is 2.53. The highest BCUT2D eigenvalue weighted by molar-refractivity contribution is 6.28. The summed E-state index contributed by atoms with van der Waals surface area (Å²) in [7, 11) is 0. The maximum absolute atomic E-state index is 12.8. The summed E-state index contributed by atoms with van der Waals surface area (Å²) in [5, 5.41) is 0.212. The third-order valence-corrected chi connectivity index (χ3v) is 2.98. The molecule has 1 aromatic heterocycles. The highest BCUT2D eigenvalue weighted by Crippen LogP contribution is 2.18. The molecule has 19 heavy (non-hydrogen) atoms. The van der Waals surface area contributed by atoms with Crippen LogP contribution in [-0.2, 0) is 6.54 Å². The Morgan fingerprint density at radius 1 is 1.16 bits per heavy atom. The predicted molar refractivity (Wildman–Crippen MR) is 72.7 cm³/mol. The van der Waals surface area contributed by atoms with Gasteiger partial charge in [0.25, 0.3) is 0 Å². The number of allylic oxidation sites excluding steroid dienone is 1. The Kier molecular flexibility index (Phi) is 3.09. The minimum absolute atomic E-state index is 0.212. The van der Waals surface area contributed by atoms with Gasteiger partial charge in [0.1, 0.15) is 5.82 Å². The summed E-state index contributed by atoms with van der Waals surface area (Å²) >= 11 is 5.78. The van der Waals surface area contributed by atoms with E-state index in [1.807, 2.05) is 12.2 Å². The maximum Gasteiger partial charge on any atom is 0.222 e. The molecule has 5 heteroatoms. The molecule has 0 fully saturated rings. The third-order valence-electron chi connectivity index (χ3n) is 2.80. The highest BCUT2D eigenvalue weighted by Gasteiger charge is 2.16. The number of nitrogens with zero attached hydrogens (tertiary/aromatic N) is 3. The number of fused-ring (bicyclic) bond motifs is 1. The van der Waals surface area contributed by atoms with Crippen LogP contribution in [0, 0.1) is 5.82 Å². The molecule has 0 atom stereocenters. The van der Waals surface area contributed by atoms with Crippen molar-refractivity contribution in [3.8, 4) is 0 Å². The normalized spacial score (nSPS) is 13.7. The van der Waals surface area contributed by atoms with Crippen LogP contribution in [0.1, 0.15) is 16.8 Å². The van der Waals surface area contributed by atoms with E-state index in [9.17, 15) is 4.39 Å². The van der Waals surface area contributed by atoms with Crippen molar-refractivity contribution in [2.24, 2.45) is 4.99 Å². The molecule has 2 heterocycles. The molecule has 0 unspecified atom stereocenters. The lowest BCUT2D eigenvalue weighted by Gasteiger charge is -1.98. The minimum atomic E-state index is -0.250. The van der Waals surface area contributed by atoms with Gasteiger partial charge in [-0.3, -0.25) is 4.99 Å². The summed E-state index contributed by atoms with van der Waals surface area (Å²) in [4.78, 5) is 12.5. The zero-order valence-corrected chi connectivity index (χ0v) is 10.6. The van der Waals surface area contributed by atoms with Gasteiger partial charge >= 0.3 is 0 Å².